The lowest BCUT2D eigenvalue weighted by Crippen LogP contribution is -2.38. The first-order chi connectivity index (χ1) is 9.26. The third-order valence-corrected chi connectivity index (χ3v) is 3.70. The van der Waals surface area contributed by atoms with Gasteiger partial charge in [0.1, 0.15) is 0 Å². The average molecular weight is 266 g/mol. The summed E-state index contributed by atoms with van der Waals surface area (Å²) in [4.78, 5) is 6.74. The lowest BCUT2D eigenvalue weighted by atomic mass is 10.1. The number of aryl methyl sites for hydroxylation is 1. The lowest BCUT2D eigenvalue weighted by molar-refractivity contribution is 0.0605. The van der Waals surface area contributed by atoms with Crippen molar-refractivity contribution in [1.29, 1.82) is 0 Å². The summed E-state index contributed by atoms with van der Waals surface area (Å²) in [6.07, 6.45) is 6.34. The average Bonchev–Trinajstić information content (AvgIpc) is 2.73. The molecule has 2 rings (SSSR count). The van der Waals surface area contributed by atoms with Gasteiger partial charge in [-0.25, -0.2) is 4.98 Å². The fraction of sp³-hybridized carbons (Fsp3) is 0.786. The highest BCUT2D eigenvalue weighted by atomic mass is 16.5. The molecule has 19 heavy (non-hydrogen) atoms. The first-order valence-corrected chi connectivity index (χ1v) is 7.32. The Hall–Kier alpha value is -0.910. The van der Waals surface area contributed by atoms with Gasteiger partial charge < -0.3 is 15.0 Å². The van der Waals surface area contributed by atoms with Crippen molar-refractivity contribution in [2.75, 3.05) is 26.2 Å². The number of hydrogen-bond donors (Lipinski definition) is 1. The van der Waals surface area contributed by atoms with Crippen LogP contribution in [0.1, 0.15) is 38.4 Å². The first kappa shape index (κ1) is 14.5. The van der Waals surface area contributed by atoms with Crippen molar-refractivity contribution in [3.05, 3.63) is 18.2 Å². The quantitative estimate of drug-likeness (QED) is 0.875. The largest absolute Gasteiger partial charge is 0.377 e. The number of hydrogen-bond acceptors (Lipinski definition) is 4. The minimum atomic E-state index is 0.248. The van der Waals surface area contributed by atoms with Gasteiger partial charge in [0.2, 0.25) is 0 Å². The maximum atomic E-state index is 6.03. The molecule has 1 aromatic rings. The van der Waals surface area contributed by atoms with E-state index in [-0.39, 0.29) is 12.1 Å². The predicted octanol–water partition coefficient (Wildman–Crippen LogP) is 1.40. The Bertz CT molecular complexity index is 379. The number of imidazole rings is 1. The maximum absolute atomic E-state index is 6.03. The van der Waals surface area contributed by atoms with Gasteiger partial charge in [-0.3, -0.25) is 4.90 Å². The van der Waals surface area contributed by atoms with E-state index in [1.54, 1.807) is 0 Å². The number of nitrogens with zero attached hydrogens (tertiary/aromatic N) is 3. The highest BCUT2D eigenvalue weighted by Crippen LogP contribution is 2.22. The zero-order valence-electron chi connectivity index (χ0n) is 12.1. The molecule has 2 N–H and O–H groups in total. The van der Waals surface area contributed by atoms with Crippen molar-refractivity contribution in [3.63, 3.8) is 0 Å². The molecule has 1 fully saturated rings. The minimum absolute atomic E-state index is 0.248. The number of nitrogens with two attached hydrogens (primary N) is 1. The first-order valence-electron chi connectivity index (χ1n) is 7.32. The molecular formula is C14H26N4O. The van der Waals surface area contributed by atoms with Crippen molar-refractivity contribution < 1.29 is 4.74 Å². The molecule has 0 bridgehead atoms. The van der Waals surface area contributed by atoms with Crippen molar-refractivity contribution in [1.82, 2.24) is 14.5 Å². The van der Waals surface area contributed by atoms with Gasteiger partial charge in [0.15, 0.2) is 0 Å². The molecule has 1 aliphatic rings. The van der Waals surface area contributed by atoms with E-state index in [0.29, 0.717) is 6.54 Å². The van der Waals surface area contributed by atoms with Gasteiger partial charge in [-0.1, -0.05) is 6.92 Å². The Morgan fingerprint density at radius 1 is 1.58 bits per heavy atom. The molecule has 5 nitrogen and oxygen atoms in total. The summed E-state index contributed by atoms with van der Waals surface area (Å²) < 4.78 is 7.95. The second kappa shape index (κ2) is 7.03. The van der Waals surface area contributed by atoms with Crippen LogP contribution in [0, 0.1) is 0 Å². The highest BCUT2D eigenvalue weighted by molar-refractivity contribution is 5.07. The summed E-state index contributed by atoms with van der Waals surface area (Å²) in [6, 6.07) is 0.248. The van der Waals surface area contributed by atoms with Gasteiger partial charge in [-0.05, 0) is 19.8 Å². The second-order valence-corrected chi connectivity index (χ2v) is 5.29. The zero-order chi connectivity index (χ0) is 13.7. The van der Waals surface area contributed by atoms with Crippen LogP contribution >= 0.6 is 0 Å². The Balaban J connectivity index is 2.15. The number of aromatic nitrogens is 2. The topological polar surface area (TPSA) is 56.3 Å². The highest BCUT2D eigenvalue weighted by Gasteiger charge is 2.25. The van der Waals surface area contributed by atoms with Gasteiger partial charge in [-0.2, -0.15) is 0 Å². The molecule has 0 radical (unpaired) electrons. The summed E-state index contributed by atoms with van der Waals surface area (Å²) in [5.41, 5.74) is 7.27. The van der Waals surface area contributed by atoms with E-state index in [0.717, 1.165) is 39.1 Å². The third-order valence-electron chi connectivity index (χ3n) is 3.70. The van der Waals surface area contributed by atoms with E-state index in [9.17, 15) is 0 Å². The van der Waals surface area contributed by atoms with Crippen LogP contribution in [0.25, 0.3) is 0 Å². The fourth-order valence-corrected chi connectivity index (χ4v) is 2.80. The van der Waals surface area contributed by atoms with E-state index in [2.05, 4.69) is 28.3 Å². The molecule has 1 aliphatic heterocycles. The summed E-state index contributed by atoms with van der Waals surface area (Å²) in [6.45, 7) is 8.79. The van der Waals surface area contributed by atoms with Gasteiger partial charge >= 0.3 is 0 Å². The SMILES string of the molecule is CCCn1cncc1C(CN)N1CCCOC(C)C1. The molecule has 0 spiro atoms. The van der Waals surface area contributed by atoms with Crippen molar-refractivity contribution in [2.24, 2.45) is 5.73 Å². The van der Waals surface area contributed by atoms with Gasteiger partial charge in [0.05, 0.1) is 24.2 Å². The molecule has 5 heteroatoms. The van der Waals surface area contributed by atoms with Gasteiger partial charge in [-0.15, -0.1) is 0 Å². The smallest absolute Gasteiger partial charge is 0.0948 e. The molecule has 2 heterocycles. The number of rotatable bonds is 5. The summed E-state index contributed by atoms with van der Waals surface area (Å²) in [5.74, 6) is 0. The van der Waals surface area contributed by atoms with E-state index < -0.39 is 0 Å². The summed E-state index contributed by atoms with van der Waals surface area (Å²) in [5, 5.41) is 0. The van der Waals surface area contributed by atoms with E-state index in [1.807, 2.05) is 12.5 Å². The molecule has 0 aliphatic carbocycles. The Morgan fingerprint density at radius 2 is 2.42 bits per heavy atom. The van der Waals surface area contributed by atoms with Crippen LogP contribution in [0.3, 0.4) is 0 Å². The van der Waals surface area contributed by atoms with Gasteiger partial charge in [0.25, 0.3) is 0 Å². The van der Waals surface area contributed by atoms with Gasteiger partial charge in [0, 0.05) is 39.0 Å². The molecule has 2 unspecified atom stereocenters. The normalized spacial score (nSPS) is 23.2. The Labute approximate surface area is 115 Å². The molecule has 0 amide bonds. The lowest BCUT2D eigenvalue weighted by Gasteiger charge is -2.31. The van der Waals surface area contributed by atoms with E-state index in [4.69, 9.17) is 10.5 Å². The summed E-state index contributed by atoms with van der Waals surface area (Å²) in [7, 11) is 0. The Morgan fingerprint density at radius 3 is 3.16 bits per heavy atom. The van der Waals surface area contributed by atoms with Crippen molar-refractivity contribution in [3.8, 4) is 0 Å². The van der Waals surface area contributed by atoms with Crippen LogP contribution in [0.5, 0.6) is 0 Å². The number of ether oxygens (including phenoxy) is 1. The molecule has 1 saturated heterocycles. The van der Waals surface area contributed by atoms with E-state index in [1.165, 1.54) is 5.69 Å². The summed E-state index contributed by atoms with van der Waals surface area (Å²) >= 11 is 0. The maximum Gasteiger partial charge on any atom is 0.0948 e. The van der Waals surface area contributed by atoms with Crippen LogP contribution in [0.15, 0.2) is 12.5 Å². The Kier molecular flexibility index (Phi) is 5.36. The van der Waals surface area contributed by atoms with Crippen LogP contribution < -0.4 is 5.73 Å². The monoisotopic (exact) mass is 266 g/mol. The molecule has 2 atom stereocenters. The molecule has 0 aromatic carbocycles. The minimum Gasteiger partial charge on any atom is -0.377 e. The standard InChI is InChI=1S/C14H26N4O/c1-3-5-18-11-16-9-14(18)13(8-15)17-6-4-7-19-12(2)10-17/h9,11-13H,3-8,10,15H2,1-2H3. The molecule has 108 valence electrons. The van der Waals surface area contributed by atoms with Crippen LogP contribution in [-0.2, 0) is 11.3 Å². The molecule has 0 saturated carbocycles. The fourth-order valence-electron chi connectivity index (χ4n) is 2.80. The van der Waals surface area contributed by atoms with Crippen LogP contribution in [-0.4, -0.2) is 46.8 Å². The third kappa shape index (κ3) is 3.55. The molecular weight excluding hydrogens is 240 g/mol. The van der Waals surface area contributed by atoms with Crippen molar-refractivity contribution >= 4 is 0 Å². The van der Waals surface area contributed by atoms with Crippen molar-refractivity contribution in [2.45, 2.75) is 45.4 Å². The van der Waals surface area contributed by atoms with Crippen LogP contribution in [0.2, 0.25) is 0 Å². The molecule has 1 aromatic heterocycles. The van der Waals surface area contributed by atoms with E-state index >= 15 is 0 Å². The van der Waals surface area contributed by atoms with Crippen LogP contribution in [0.4, 0.5) is 0 Å². The zero-order valence-corrected chi connectivity index (χ0v) is 12.1. The second-order valence-electron chi connectivity index (χ2n) is 5.29. The predicted molar refractivity (Wildman–Crippen MR) is 75.9 cm³/mol.